The van der Waals surface area contributed by atoms with Crippen LogP contribution in [0.5, 0.6) is 0 Å². The Hall–Kier alpha value is -2.08. The zero-order chi connectivity index (χ0) is 15.1. The van der Waals surface area contributed by atoms with Crippen molar-refractivity contribution < 1.29 is 4.79 Å². The molecule has 2 N–H and O–H groups in total. The van der Waals surface area contributed by atoms with Gasteiger partial charge in [0.2, 0.25) is 5.91 Å². The van der Waals surface area contributed by atoms with Crippen LogP contribution in [0, 0.1) is 0 Å². The molecule has 0 unspecified atom stereocenters. The van der Waals surface area contributed by atoms with Gasteiger partial charge in [0.15, 0.2) is 5.82 Å². The summed E-state index contributed by atoms with van der Waals surface area (Å²) in [7, 11) is 0. The third-order valence-corrected chi connectivity index (χ3v) is 4.48. The van der Waals surface area contributed by atoms with Gasteiger partial charge in [-0.1, -0.05) is 11.6 Å². The molecule has 0 spiro atoms. The van der Waals surface area contributed by atoms with E-state index in [1.54, 1.807) is 0 Å². The number of rotatable bonds is 3. The van der Waals surface area contributed by atoms with E-state index in [9.17, 15) is 4.79 Å². The van der Waals surface area contributed by atoms with Crippen LogP contribution in [0.15, 0.2) is 18.2 Å². The van der Waals surface area contributed by atoms with Gasteiger partial charge in [-0.05, 0) is 30.2 Å². The SMILES string of the molecule is O=C(NCc1nnc2n1CCC2)[C@H]1Cc2cc(Cl)ccc2N1. The van der Waals surface area contributed by atoms with Gasteiger partial charge in [0.05, 0.1) is 6.54 Å². The van der Waals surface area contributed by atoms with Crippen LogP contribution in [0.25, 0.3) is 0 Å². The molecule has 2 aromatic rings. The Balaban J connectivity index is 1.39. The van der Waals surface area contributed by atoms with Crippen molar-refractivity contribution in [1.82, 2.24) is 20.1 Å². The first-order chi connectivity index (χ1) is 10.7. The quantitative estimate of drug-likeness (QED) is 0.900. The van der Waals surface area contributed by atoms with E-state index in [1.807, 2.05) is 18.2 Å². The van der Waals surface area contributed by atoms with E-state index >= 15 is 0 Å². The third kappa shape index (κ3) is 2.33. The molecule has 1 atom stereocenters. The Morgan fingerprint density at radius 2 is 2.36 bits per heavy atom. The number of halogens is 1. The van der Waals surface area contributed by atoms with Crippen molar-refractivity contribution in [2.75, 3.05) is 5.32 Å². The number of hydrogen-bond acceptors (Lipinski definition) is 4. The monoisotopic (exact) mass is 317 g/mol. The van der Waals surface area contributed by atoms with Gasteiger partial charge in [0.1, 0.15) is 11.9 Å². The van der Waals surface area contributed by atoms with E-state index in [1.165, 1.54) is 0 Å². The van der Waals surface area contributed by atoms with E-state index in [0.717, 1.165) is 42.3 Å². The Morgan fingerprint density at radius 3 is 3.27 bits per heavy atom. The highest BCUT2D eigenvalue weighted by atomic mass is 35.5. The molecule has 1 aromatic heterocycles. The molecule has 3 heterocycles. The zero-order valence-corrected chi connectivity index (χ0v) is 12.7. The van der Waals surface area contributed by atoms with Gasteiger partial charge in [-0.15, -0.1) is 10.2 Å². The average Bonchev–Trinajstić information content (AvgIpc) is 3.19. The predicted molar refractivity (Wildman–Crippen MR) is 82.8 cm³/mol. The second-order valence-electron chi connectivity index (χ2n) is 5.71. The van der Waals surface area contributed by atoms with Crippen molar-refractivity contribution in [1.29, 1.82) is 0 Å². The highest BCUT2D eigenvalue weighted by molar-refractivity contribution is 6.30. The first-order valence-corrected chi connectivity index (χ1v) is 7.82. The first kappa shape index (κ1) is 13.6. The molecule has 114 valence electrons. The molecule has 2 aliphatic heterocycles. The lowest BCUT2D eigenvalue weighted by Crippen LogP contribution is -2.38. The molecule has 0 aliphatic carbocycles. The van der Waals surface area contributed by atoms with Crippen LogP contribution in [-0.2, 0) is 30.7 Å². The molecule has 0 saturated carbocycles. The summed E-state index contributed by atoms with van der Waals surface area (Å²) in [6.45, 7) is 1.36. The molecule has 2 aliphatic rings. The van der Waals surface area contributed by atoms with E-state index in [2.05, 4.69) is 25.4 Å². The molecule has 7 heteroatoms. The zero-order valence-electron chi connectivity index (χ0n) is 12.0. The maximum atomic E-state index is 12.3. The Kier molecular flexibility index (Phi) is 3.26. The van der Waals surface area contributed by atoms with Crippen molar-refractivity contribution in [3.05, 3.63) is 40.4 Å². The number of amides is 1. The second-order valence-corrected chi connectivity index (χ2v) is 6.14. The smallest absolute Gasteiger partial charge is 0.243 e. The van der Waals surface area contributed by atoms with E-state index in [0.29, 0.717) is 18.0 Å². The van der Waals surface area contributed by atoms with E-state index in [4.69, 9.17) is 11.6 Å². The summed E-state index contributed by atoms with van der Waals surface area (Å²) < 4.78 is 2.09. The van der Waals surface area contributed by atoms with Crippen molar-refractivity contribution >= 4 is 23.2 Å². The molecule has 1 aromatic carbocycles. The Bertz CT molecular complexity index is 742. The summed E-state index contributed by atoms with van der Waals surface area (Å²) in [6.07, 6.45) is 2.73. The normalized spacial score (nSPS) is 18.7. The lowest BCUT2D eigenvalue weighted by atomic mass is 10.1. The predicted octanol–water partition coefficient (Wildman–Crippen LogP) is 1.53. The number of nitrogens with one attached hydrogen (secondary N) is 2. The summed E-state index contributed by atoms with van der Waals surface area (Å²) in [4.78, 5) is 12.3. The fourth-order valence-corrected chi connectivity index (χ4v) is 3.31. The summed E-state index contributed by atoms with van der Waals surface area (Å²) in [5.41, 5.74) is 2.06. The van der Waals surface area contributed by atoms with Crippen molar-refractivity contribution in [3.63, 3.8) is 0 Å². The van der Waals surface area contributed by atoms with Gasteiger partial charge >= 0.3 is 0 Å². The molecule has 22 heavy (non-hydrogen) atoms. The molecule has 0 fully saturated rings. The standard InChI is InChI=1S/C15H16ClN5O/c16-10-3-4-11-9(6-10)7-12(18-11)15(22)17-8-14-20-19-13-2-1-5-21(13)14/h3-4,6,12,18H,1-2,5,7-8H2,(H,17,22)/t12-/m1/s1. The van der Waals surface area contributed by atoms with Gasteiger partial charge < -0.3 is 15.2 Å². The highest BCUT2D eigenvalue weighted by Crippen LogP contribution is 2.28. The number of nitrogens with zero attached hydrogens (tertiary/aromatic N) is 3. The highest BCUT2D eigenvalue weighted by Gasteiger charge is 2.27. The molecule has 0 saturated heterocycles. The topological polar surface area (TPSA) is 71.8 Å². The molecule has 0 radical (unpaired) electrons. The van der Waals surface area contributed by atoms with Gasteiger partial charge in [-0.25, -0.2) is 0 Å². The number of aryl methyl sites for hydroxylation is 1. The fourth-order valence-electron chi connectivity index (χ4n) is 3.12. The van der Waals surface area contributed by atoms with Crippen LogP contribution in [0.1, 0.15) is 23.6 Å². The first-order valence-electron chi connectivity index (χ1n) is 7.44. The summed E-state index contributed by atoms with van der Waals surface area (Å²) in [6, 6.07) is 5.39. The molecular weight excluding hydrogens is 302 g/mol. The number of anilines is 1. The minimum absolute atomic E-state index is 0.0253. The van der Waals surface area contributed by atoms with Crippen LogP contribution < -0.4 is 10.6 Å². The van der Waals surface area contributed by atoms with Crippen LogP contribution in [0.4, 0.5) is 5.69 Å². The fraction of sp³-hybridized carbons (Fsp3) is 0.400. The summed E-state index contributed by atoms with van der Waals surface area (Å²) >= 11 is 5.99. The number of aromatic nitrogens is 3. The van der Waals surface area contributed by atoms with Gasteiger partial charge in [-0.2, -0.15) is 0 Å². The Morgan fingerprint density at radius 1 is 1.45 bits per heavy atom. The molecule has 4 rings (SSSR count). The Labute approximate surface area is 132 Å². The molecule has 1 amide bonds. The van der Waals surface area contributed by atoms with Crippen molar-refractivity contribution in [2.24, 2.45) is 0 Å². The second kappa shape index (κ2) is 5.28. The van der Waals surface area contributed by atoms with Crippen molar-refractivity contribution in [3.8, 4) is 0 Å². The van der Waals surface area contributed by atoms with Gasteiger partial charge in [-0.3, -0.25) is 4.79 Å². The van der Waals surface area contributed by atoms with E-state index < -0.39 is 0 Å². The van der Waals surface area contributed by atoms with Crippen LogP contribution in [0.3, 0.4) is 0 Å². The number of carbonyl (C=O) groups excluding carboxylic acids is 1. The average molecular weight is 318 g/mol. The van der Waals surface area contributed by atoms with Gasteiger partial charge in [0, 0.05) is 30.1 Å². The number of benzene rings is 1. The van der Waals surface area contributed by atoms with Crippen LogP contribution >= 0.6 is 11.6 Å². The molecule has 0 bridgehead atoms. The van der Waals surface area contributed by atoms with Gasteiger partial charge in [0.25, 0.3) is 0 Å². The van der Waals surface area contributed by atoms with Crippen LogP contribution in [-0.4, -0.2) is 26.7 Å². The number of hydrogen-bond donors (Lipinski definition) is 2. The summed E-state index contributed by atoms with van der Waals surface area (Å²) in [5.74, 6) is 1.83. The van der Waals surface area contributed by atoms with Crippen molar-refractivity contribution in [2.45, 2.75) is 38.4 Å². The maximum Gasteiger partial charge on any atom is 0.243 e. The van der Waals surface area contributed by atoms with Crippen LogP contribution in [0.2, 0.25) is 5.02 Å². The number of fused-ring (bicyclic) bond motifs is 2. The largest absolute Gasteiger partial charge is 0.373 e. The lowest BCUT2D eigenvalue weighted by Gasteiger charge is -2.11. The minimum atomic E-state index is -0.255. The molecule has 6 nitrogen and oxygen atoms in total. The lowest BCUT2D eigenvalue weighted by molar-refractivity contribution is -0.121. The van der Waals surface area contributed by atoms with E-state index in [-0.39, 0.29) is 11.9 Å². The summed E-state index contributed by atoms with van der Waals surface area (Å²) in [5, 5.41) is 15.2. The molecular formula is C15H16ClN5O. The third-order valence-electron chi connectivity index (χ3n) is 4.24. The minimum Gasteiger partial charge on any atom is -0.373 e. The number of carbonyl (C=O) groups is 1. The maximum absolute atomic E-state index is 12.3.